The van der Waals surface area contributed by atoms with Gasteiger partial charge in [-0.25, -0.2) is 4.98 Å². The van der Waals surface area contributed by atoms with Gasteiger partial charge in [-0.1, -0.05) is 30.3 Å². The van der Waals surface area contributed by atoms with Gasteiger partial charge in [-0.05, 0) is 26.3 Å². The van der Waals surface area contributed by atoms with Gasteiger partial charge < -0.3 is 5.73 Å². The smallest absolute Gasteiger partial charge is 0.103 e. The third-order valence-corrected chi connectivity index (χ3v) is 4.52. The minimum atomic E-state index is -0.0565. The Morgan fingerprint density at radius 1 is 1.24 bits per heavy atom. The molecule has 17 heavy (non-hydrogen) atoms. The third-order valence-electron chi connectivity index (χ3n) is 3.00. The van der Waals surface area contributed by atoms with E-state index in [9.17, 15) is 0 Å². The number of thiazole rings is 1. The van der Waals surface area contributed by atoms with Crippen LogP contribution in [0.3, 0.4) is 0 Å². The molecule has 2 N–H and O–H groups in total. The summed E-state index contributed by atoms with van der Waals surface area (Å²) in [6.45, 7) is 6.39. The molecule has 2 aromatic rings. The van der Waals surface area contributed by atoms with E-state index in [-0.39, 0.29) is 11.5 Å². The molecule has 2 nitrogen and oxygen atoms in total. The van der Waals surface area contributed by atoms with Crippen molar-refractivity contribution in [1.82, 2.24) is 4.98 Å². The first kappa shape index (κ1) is 12.3. The largest absolute Gasteiger partial charge is 0.323 e. The van der Waals surface area contributed by atoms with E-state index in [0.717, 1.165) is 9.88 Å². The van der Waals surface area contributed by atoms with Crippen LogP contribution < -0.4 is 5.73 Å². The Labute approximate surface area is 107 Å². The third kappa shape index (κ3) is 2.40. The Bertz CT molecular complexity index is 486. The Balaban J connectivity index is 2.37. The van der Waals surface area contributed by atoms with Crippen LogP contribution in [0.4, 0.5) is 0 Å². The predicted molar refractivity (Wildman–Crippen MR) is 73.3 cm³/mol. The topological polar surface area (TPSA) is 38.9 Å². The van der Waals surface area contributed by atoms with E-state index in [1.807, 2.05) is 19.2 Å². The molecule has 0 bridgehead atoms. The van der Waals surface area contributed by atoms with Gasteiger partial charge in [0.15, 0.2) is 0 Å². The van der Waals surface area contributed by atoms with Gasteiger partial charge in [0, 0.05) is 22.5 Å². The van der Waals surface area contributed by atoms with Gasteiger partial charge in [-0.3, -0.25) is 0 Å². The van der Waals surface area contributed by atoms with Gasteiger partial charge in [-0.2, -0.15) is 0 Å². The van der Waals surface area contributed by atoms with Crippen molar-refractivity contribution in [2.45, 2.75) is 32.2 Å². The van der Waals surface area contributed by atoms with Crippen LogP contribution in [0.5, 0.6) is 0 Å². The minimum Gasteiger partial charge on any atom is -0.323 e. The van der Waals surface area contributed by atoms with Gasteiger partial charge in [0.1, 0.15) is 5.01 Å². The van der Waals surface area contributed by atoms with Crippen molar-refractivity contribution < 1.29 is 0 Å². The molecular formula is C14H18N2S. The SMILES string of the molecule is CC(N)c1cnc(C(C)(C)c2ccccc2)s1. The van der Waals surface area contributed by atoms with Gasteiger partial charge in [-0.15, -0.1) is 11.3 Å². The molecule has 1 unspecified atom stereocenters. The van der Waals surface area contributed by atoms with Gasteiger partial charge in [0.2, 0.25) is 0 Å². The molecule has 1 aromatic carbocycles. The normalized spacial score (nSPS) is 13.6. The first-order valence-electron chi connectivity index (χ1n) is 5.79. The van der Waals surface area contributed by atoms with Crippen LogP contribution in [0.1, 0.15) is 42.3 Å². The fraction of sp³-hybridized carbons (Fsp3) is 0.357. The first-order chi connectivity index (χ1) is 8.01. The average Bonchev–Trinajstić information content (AvgIpc) is 2.80. The second kappa shape index (κ2) is 4.59. The van der Waals surface area contributed by atoms with Crippen molar-refractivity contribution >= 4 is 11.3 Å². The summed E-state index contributed by atoms with van der Waals surface area (Å²) in [5, 5.41) is 1.12. The summed E-state index contributed by atoms with van der Waals surface area (Å²) in [5.41, 5.74) is 7.11. The number of hydrogen-bond acceptors (Lipinski definition) is 3. The van der Waals surface area contributed by atoms with Crippen molar-refractivity contribution in [2.24, 2.45) is 5.73 Å². The maximum Gasteiger partial charge on any atom is 0.103 e. The summed E-state index contributed by atoms with van der Waals surface area (Å²) < 4.78 is 0. The fourth-order valence-electron chi connectivity index (χ4n) is 1.76. The van der Waals surface area contributed by atoms with E-state index >= 15 is 0 Å². The second-order valence-corrected chi connectivity index (χ2v) is 5.91. The number of nitrogens with zero attached hydrogens (tertiary/aromatic N) is 1. The molecule has 0 aliphatic heterocycles. The molecular weight excluding hydrogens is 228 g/mol. The highest BCUT2D eigenvalue weighted by Crippen LogP contribution is 2.34. The molecule has 0 saturated heterocycles. The minimum absolute atomic E-state index is 0.0565. The maximum atomic E-state index is 5.88. The van der Waals surface area contributed by atoms with Crippen LogP contribution in [-0.4, -0.2) is 4.98 Å². The summed E-state index contributed by atoms with van der Waals surface area (Å²) in [6, 6.07) is 10.5. The Morgan fingerprint density at radius 2 is 1.88 bits per heavy atom. The summed E-state index contributed by atoms with van der Waals surface area (Å²) in [6.07, 6.45) is 1.90. The molecule has 0 saturated carbocycles. The maximum absolute atomic E-state index is 5.88. The van der Waals surface area contributed by atoms with Crippen LogP contribution in [-0.2, 0) is 5.41 Å². The van der Waals surface area contributed by atoms with Crippen molar-refractivity contribution in [2.75, 3.05) is 0 Å². The number of rotatable bonds is 3. The first-order valence-corrected chi connectivity index (χ1v) is 6.61. The number of hydrogen-bond donors (Lipinski definition) is 1. The quantitative estimate of drug-likeness (QED) is 0.900. The lowest BCUT2D eigenvalue weighted by Gasteiger charge is -2.22. The van der Waals surface area contributed by atoms with Gasteiger partial charge in [0.05, 0.1) is 0 Å². The zero-order chi connectivity index (χ0) is 12.5. The highest BCUT2D eigenvalue weighted by atomic mass is 32.1. The Morgan fingerprint density at radius 3 is 2.41 bits per heavy atom. The zero-order valence-electron chi connectivity index (χ0n) is 10.5. The van der Waals surface area contributed by atoms with Crippen molar-refractivity contribution in [3.63, 3.8) is 0 Å². The van der Waals surface area contributed by atoms with E-state index in [4.69, 9.17) is 5.73 Å². The van der Waals surface area contributed by atoms with Crippen LogP contribution in [0.2, 0.25) is 0 Å². The van der Waals surface area contributed by atoms with E-state index in [1.165, 1.54) is 5.56 Å². The Kier molecular flexibility index (Phi) is 3.31. The molecule has 0 aliphatic carbocycles. The highest BCUT2D eigenvalue weighted by Gasteiger charge is 2.26. The van der Waals surface area contributed by atoms with E-state index in [0.29, 0.717) is 0 Å². The second-order valence-electron chi connectivity index (χ2n) is 4.85. The van der Waals surface area contributed by atoms with Crippen molar-refractivity contribution in [3.05, 3.63) is 52.0 Å². The number of nitrogens with two attached hydrogens (primary N) is 1. The lowest BCUT2D eigenvalue weighted by atomic mass is 9.85. The molecule has 0 aliphatic rings. The van der Waals surface area contributed by atoms with Crippen LogP contribution in [0.25, 0.3) is 0 Å². The molecule has 90 valence electrons. The summed E-state index contributed by atoms with van der Waals surface area (Å²) >= 11 is 1.71. The summed E-state index contributed by atoms with van der Waals surface area (Å²) in [4.78, 5) is 5.67. The molecule has 2 rings (SSSR count). The molecule has 3 heteroatoms. The van der Waals surface area contributed by atoms with Crippen molar-refractivity contribution in [3.8, 4) is 0 Å². The zero-order valence-corrected chi connectivity index (χ0v) is 11.3. The molecule has 1 atom stereocenters. The number of aromatic nitrogens is 1. The fourth-order valence-corrected chi connectivity index (χ4v) is 2.76. The summed E-state index contributed by atoms with van der Waals surface area (Å²) in [7, 11) is 0. The molecule has 0 spiro atoms. The van der Waals surface area contributed by atoms with E-state index < -0.39 is 0 Å². The van der Waals surface area contributed by atoms with Crippen LogP contribution in [0, 0.1) is 0 Å². The van der Waals surface area contributed by atoms with Crippen molar-refractivity contribution in [1.29, 1.82) is 0 Å². The van der Waals surface area contributed by atoms with Gasteiger partial charge >= 0.3 is 0 Å². The lowest BCUT2D eigenvalue weighted by molar-refractivity contribution is 0.635. The van der Waals surface area contributed by atoms with E-state index in [2.05, 4.69) is 43.1 Å². The van der Waals surface area contributed by atoms with E-state index in [1.54, 1.807) is 11.3 Å². The lowest BCUT2D eigenvalue weighted by Crippen LogP contribution is -2.18. The standard InChI is InChI=1S/C14H18N2S/c1-10(15)12-9-16-13(17-12)14(2,3)11-7-5-4-6-8-11/h4-10H,15H2,1-3H3. The summed E-state index contributed by atoms with van der Waals surface area (Å²) in [5.74, 6) is 0. The molecule has 0 amide bonds. The molecule has 0 fully saturated rings. The molecule has 1 heterocycles. The number of benzene rings is 1. The predicted octanol–water partition coefficient (Wildman–Crippen LogP) is 3.49. The average molecular weight is 246 g/mol. The highest BCUT2D eigenvalue weighted by molar-refractivity contribution is 7.11. The molecule has 1 aromatic heterocycles. The van der Waals surface area contributed by atoms with Crippen LogP contribution >= 0.6 is 11.3 Å². The molecule has 0 radical (unpaired) electrons. The monoisotopic (exact) mass is 246 g/mol. The Hall–Kier alpha value is -1.19. The van der Waals surface area contributed by atoms with Crippen LogP contribution in [0.15, 0.2) is 36.5 Å². The van der Waals surface area contributed by atoms with Gasteiger partial charge in [0.25, 0.3) is 0 Å².